The Balaban J connectivity index is 1.51. The summed E-state index contributed by atoms with van der Waals surface area (Å²) in [6.45, 7) is 2.29. The summed E-state index contributed by atoms with van der Waals surface area (Å²) in [5, 5.41) is 4.90. The molecule has 1 heterocycles. The Bertz CT molecular complexity index is 874. The lowest BCUT2D eigenvalue weighted by atomic mass is 10.0. The minimum atomic E-state index is -0.607. The van der Waals surface area contributed by atoms with Gasteiger partial charge in [0, 0.05) is 22.5 Å². The van der Waals surface area contributed by atoms with Crippen molar-refractivity contribution in [1.82, 2.24) is 5.32 Å². The van der Waals surface area contributed by atoms with E-state index in [1.807, 2.05) is 29.6 Å². The summed E-state index contributed by atoms with van der Waals surface area (Å²) in [4.78, 5) is 25.8. The summed E-state index contributed by atoms with van der Waals surface area (Å²) in [6, 6.07) is 20.0. The number of benzene rings is 2. The third-order valence-corrected chi connectivity index (χ3v) is 5.02. The van der Waals surface area contributed by atoms with Crippen molar-refractivity contribution in [3.8, 4) is 5.75 Å². The molecule has 0 aliphatic rings. The lowest BCUT2D eigenvalue weighted by Gasteiger charge is -2.15. The summed E-state index contributed by atoms with van der Waals surface area (Å²) in [5.41, 5.74) is 1.23. The summed E-state index contributed by atoms with van der Waals surface area (Å²) in [5.74, 6) is 0.359. The van der Waals surface area contributed by atoms with Crippen LogP contribution in [0.2, 0.25) is 0 Å². The third-order valence-electron chi connectivity index (χ3n) is 4.09. The number of carbonyl (C=O) groups is 2. The van der Waals surface area contributed by atoms with Crippen LogP contribution in [0, 0.1) is 0 Å². The molecule has 0 saturated heterocycles. The monoisotopic (exact) mass is 379 g/mol. The number of thiophene rings is 1. The first-order chi connectivity index (χ1) is 13.1. The van der Waals surface area contributed by atoms with Gasteiger partial charge >= 0.3 is 0 Å². The van der Waals surface area contributed by atoms with E-state index >= 15 is 0 Å². The van der Waals surface area contributed by atoms with Crippen LogP contribution in [0.25, 0.3) is 0 Å². The summed E-state index contributed by atoms with van der Waals surface area (Å²) < 4.78 is 5.68. The number of ketones is 1. The molecule has 0 saturated carbocycles. The largest absolute Gasteiger partial charge is 0.481 e. The predicted molar refractivity (Wildman–Crippen MR) is 107 cm³/mol. The van der Waals surface area contributed by atoms with E-state index in [9.17, 15) is 9.59 Å². The predicted octanol–water partition coefficient (Wildman–Crippen LogP) is 4.11. The molecule has 0 aliphatic carbocycles. The standard InChI is InChI=1S/C22H21NO3S/c1-16(22(25)23-14-13-20-8-5-15-27-20)26-19-11-9-18(10-12-19)21(24)17-6-3-2-4-7-17/h2-12,15-16H,13-14H2,1H3,(H,23,25)/t16-/m0/s1. The highest BCUT2D eigenvalue weighted by atomic mass is 32.1. The highest BCUT2D eigenvalue weighted by Gasteiger charge is 2.15. The van der Waals surface area contributed by atoms with E-state index in [0.29, 0.717) is 23.4 Å². The molecule has 3 aromatic rings. The van der Waals surface area contributed by atoms with Crippen LogP contribution in [0.1, 0.15) is 27.7 Å². The van der Waals surface area contributed by atoms with Crippen LogP contribution < -0.4 is 10.1 Å². The maximum atomic E-state index is 12.4. The average molecular weight is 379 g/mol. The molecule has 2 aromatic carbocycles. The Labute approximate surface area is 162 Å². The molecule has 0 fully saturated rings. The number of amides is 1. The Hall–Kier alpha value is -2.92. The smallest absolute Gasteiger partial charge is 0.260 e. The van der Waals surface area contributed by atoms with Gasteiger partial charge in [-0.3, -0.25) is 9.59 Å². The fourth-order valence-electron chi connectivity index (χ4n) is 2.61. The van der Waals surface area contributed by atoms with Gasteiger partial charge in [0.2, 0.25) is 0 Å². The SMILES string of the molecule is C[C@H](Oc1ccc(C(=O)c2ccccc2)cc1)C(=O)NCCc1cccs1. The van der Waals surface area contributed by atoms with Crippen molar-refractivity contribution in [2.45, 2.75) is 19.4 Å². The van der Waals surface area contributed by atoms with Crippen molar-refractivity contribution in [2.24, 2.45) is 0 Å². The topological polar surface area (TPSA) is 55.4 Å². The van der Waals surface area contributed by atoms with Crippen molar-refractivity contribution in [3.05, 3.63) is 88.1 Å². The van der Waals surface area contributed by atoms with Crippen LogP contribution in [0.4, 0.5) is 0 Å². The van der Waals surface area contributed by atoms with Crippen molar-refractivity contribution >= 4 is 23.0 Å². The second-order valence-electron chi connectivity index (χ2n) is 6.10. The zero-order valence-electron chi connectivity index (χ0n) is 15.1. The molecule has 27 heavy (non-hydrogen) atoms. The minimum Gasteiger partial charge on any atom is -0.481 e. The van der Waals surface area contributed by atoms with Crippen molar-refractivity contribution < 1.29 is 14.3 Å². The van der Waals surface area contributed by atoms with Crippen LogP contribution in [0.3, 0.4) is 0 Å². The zero-order valence-corrected chi connectivity index (χ0v) is 15.9. The van der Waals surface area contributed by atoms with Crippen LogP contribution >= 0.6 is 11.3 Å². The fraction of sp³-hybridized carbons (Fsp3) is 0.182. The second kappa shape index (κ2) is 9.14. The number of rotatable bonds is 8. The van der Waals surface area contributed by atoms with Crippen LogP contribution in [0.5, 0.6) is 5.75 Å². The first-order valence-corrected chi connectivity index (χ1v) is 9.68. The highest BCUT2D eigenvalue weighted by Crippen LogP contribution is 2.17. The molecule has 5 heteroatoms. The van der Waals surface area contributed by atoms with Crippen molar-refractivity contribution in [1.29, 1.82) is 0 Å². The van der Waals surface area contributed by atoms with Crippen LogP contribution in [-0.4, -0.2) is 24.3 Å². The van der Waals surface area contributed by atoms with Crippen LogP contribution in [-0.2, 0) is 11.2 Å². The molecular formula is C22H21NO3S. The van der Waals surface area contributed by atoms with E-state index in [1.54, 1.807) is 54.7 Å². The van der Waals surface area contributed by atoms with E-state index in [-0.39, 0.29) is 11.7 Å². The van der Waals surface area contributed by atoms with Crippen molar-refractivity contribution in [3.63, 3.8) is 0 Å². The molecule has 1 amide bonds. The third kappa shape index (κ3) is 5.28. The maximum Gasteiger partial charge on any atom is 0.260 e. The molecule has 0 bridgehead atoms. The Morgan fingerprint density at radius 1 is 0.963 bits per heavy atom. The van der Waals surface area contributed by atoms with Gasteiger partial charge in [0.25, 0.3) is 5.91 Å². The summed E-state index contributed by atoms with van der Waals surface area (Å²) in [6.07, 6.45) is 0.205. The molecule has 1 N–H and O–H groups in total. The van der Waals surface area contributed by atoms with E-state index in [0.717, 1.165) is 6.42 Å². The van der Waals surface area contributed by atoms with Gasteiger partial charge in [-0.1, -0.05) is 36.4 Å². The normalized spacial score (nSPS) is 11.6. The fourth-order valence-corrected chi connectivity index (χ4v) is 3.32. The van der Waals surface area contributed by atoms with Gasteiger partial charge in [0.05, 0.1) is 0 Å². The first kappa shape index (κ1) is 18.9. The summed E-state index contributed by atoms with van der Waals surface area (Å²) in [7, 11) is 0. The lowest BCUT2D eigenvalue weighted by molar-refractivity contribution is -0.127. The molecule has 1 aromatic heterocycles. The Morgan fingerprint density at radius 3 is 2.33 bits per heavy atom. The second-order valence-corrected chi connectivity index (χ2v) is 7.13. The highest BCUT2D eigenvalue weighted by molar-refractivity contribution is 7.09. The van der Waals surface area contributed by atoms with Crippen LogP contribution in [0.15, 0.2) is 72.1 Å². The Kier molecular flexibility index (Phi) is 6.39. The molecule has 4 nitrogen and oxygen atoms in total. The van der Waals surface area contributed by atoms with Crippen molar-refractivity contribution in [2.75, 3.05) is 6.54 Å². The van der Waals surface area contributed by atoms with Gasteiger partial charge in [0.1, 0.15) is 5.75 Å². The van der Waals surface area contributed by atoms with Gasteiger partial charge in [-0.25, -0.2) is 0 Å². The van der Waals surface area contributed by atoms with Gasteiger partial charge < -0.3 is 10.1 Å². The molecule has 0 unspecified atom stereocenters. The van der Waals surface area contributed by atoms with E-state index in [2.05, 4.69) is 11.4 Å². The van der Waals surface area contributed by atoms with E-state index in [4.69, 9.17) is 4.74 Å². The average Bonchev–Trinajstić information content (AvgIpc) is 3.22. The van der Waals surface area contributed by atoms with E-state index in [1.165, 1.54) is 4.88 Å². The zero-order chi connectivity index (χ0) is 19.1. The molecule has 0 spiro atoms. The van der Waals surface area contributed by atoms with Gasteiger partial charge in [-0.05, 0) is 49.1 Å². The first-order valence-electron chi connectivity index (χ1n) is 8.80. The molecule has 138 valence electrons. The van der Waals surface area contributed by atoms with Gasteiger partial charge in [-0.2, -0.15) is 0 Å². The number of carbonyl (C=O) groups excluding carboxylic acids is 2. The molecule has 0 radical (unpaired) electrons. The quantitative estimate of drug-likeness (QED) is 0.600. The molecular weight excluding hydrogens is 358 g/mol. The minimum absolute atomic E-state index is 0.0403. The molecule has 3 rings (SSSR count). The lowest BCUT2D eigenvalue weighted by Crippen LogP contribution is -2.37. The number of hydrogen-bond acceptors (Lipinski definition) is 4. The van der Waals surface area contributed by atoms with E-state index < -0.39 is 6.10 Å². The molecule has 1 atom stereocenters. The summed E-state index contributed by atoms with van der Waals surface area (Å²) >= 11 is 1.68. The number of ether oxygens (including phenoxy) is 1. The van der Waals surface area contributed by atoms with Gasteiger partial charge in [-0.15, -0.1) is 11.3 Å². The number of nitrogens with one attached hydrogen (secondary N) is 1. The molecule has 0 aliphatic heterocycles. The maximum absolute atomic E-state index is 12.4. The number of hydrogen-bond donors (Lipinski definition) is 1. The Morgan fingerprint density at radius 2 is 1.67 bits per heavy atom. The van der Waals surface area contributed by atoms with Gasteiger partial charge in [0.15, 0.2) is 11.9 Å².